The number of benzene rings is 1. The zero-order chi connectivity index (χ0) is 10.3. The Morgan fingerprint density at radius 2 is 2.07 bits per heavy atom. The lowest BCUT2D eigenvalue weighted by Crippen LogP contribution is -1.98. The van der Waals surface area contributed by atoms with Crippen LogP contribution in [0.2, 0.25) is 0 Å². The smallest absolute Gasteiger partial charge is 0.00601 e. The van der Waals surface area contributed by atoms with E-state index in [1.807, 2.05) is 0 Å². The van der Waals surface area contributed by atoms with E-state index in [1.165, 1.54) is 32.1 Å². The van der Waals surface area contributed by atoms with Gasteiger partial charge >= 0.3 is 0 Å². The van der Waals surface area contributed by atoms with Crippen molar-refractivity contribution in [1.82, 2.24) is 0 Å². The molecule has 1 atom stereocenters. The minimum atomic E-state index is 0.767. The van der Waals surface area contributed by atoms with Gasteiger partial charge in [0, 0.05) is 5.92 Å². The maximum absolute atomic E-state index is 2.34. The Kier molecular flexibility index (Phi) is 2.16. The molecule has 0 heteroatoms. The molecule has 0 N–H and O–H groups in total. The van der Waals surface area contributed by atoms with Crippen molar-refractivity contribution in [3.05, 3.63) is 41.0 Å². The standard InChI is InChI=1S/C15H18/c1-2-6-11-12-7-3-4-8-13(12)15-10-5-9-14(11)15/h3-4,7-8,11H,2,5-6,9-10H2,1H3. The van der Waals surface area contributed by atoms with E-state index in [4.69, 9.17) is 0 Å². The molecule has 0 heterocycles. The molecule has 0 saturated carbocycles. The monoisotopic (exact) mass is 198 g/mol. The van der Waals surface area contributed by atoms with E-state index in [2.05, 4.69) is 31.2 Å². The highest BCUT2D eigenvalue weighted by Crippen LogP contribution is 2.51. The first-order valence-electron chi connectivity index (χ1n) is 6.23. The van der Waals surface area contributed by atoms with Crippen LogP contribution in [0.3, 0.4) is 0 Å². The van der Waals surface area contributed by atoms with Gasteiger partial charge in [-0.3, -0.25) is 0 Å². The molecule has 1 unspecified atom stereocenters. The molecule has 0 saturated heterocycles. The van der Waals surface area contributed by atoms with Crippen molar-refractivity contribution in [3.63, 3.8) is 0 Å². The fourth-order valence-corrected chi connectivity index (χ4v) is 3.34. The van der Waals surface area contributed by atoms with Crippen LogP contribution in [-0.4, -0.2) is 0 Å². The van der Waals surface area contributed by atoms with E-state index in [1.54, 1.807) is 22.3 Å². The third-order valence-electron chi connectivity index (χ3n) is 3.92. The molecule has 0 amide bonds. The summed E-state index contributed by atoms with van der Waals surface area (Å²) in [5.74, 6) is 0.767. The predicted octanol–water partition coefficient (Wildman–Crippen LogP) is 4.52. The van der Waals surface area contributed by atoms with Crippen molar-refractivity contribution >= 4 is 5.57 Å². The summed E-state index contributed by atoms with van der Waals surface area (Å²) in [5, 5.41) is 0. The minimum absolute atomic E-state index is 0.767. The fraction of sp³-hybridized carbons (Fsp3) is 0.467. The van der Waals surface area contributed by atoms with Gasteiger partial charge in [-0.1, -0.05) is 43.2 Å². The van der Waals surface area contributed by atoms with E-state index in [0.29, 0.717) is 0 Å². The maximum Gasteiger partial charge on any atom is 0.00601 e. The van der Waals surface area contributed by atoms with Gasteiger partial charge in [-0.25, -0.2) is 0 Å². The summed E-state index contributed by atoms with van der Waals surface area (Å²) in [6.45, 7) is 2.30. The maximum atomic E-state index is 2.34. The average molecular weight is 198 g/mol. The van der Waals surface area contributed by atoms with Crippen molar-refractivity contribution < 1.29 is 0 Å². The number of hydrogen-bond acceptors (Lipinski definition) is 0. The van der Waals surface area contributed by atoms with Crippen molar-refractivity contribution in [1.29, 1.82) is 0 Å². The summed E-state index contributed by atoms with van der Waals surface area (Å²) in [4.78, 5) is 0. The van der Waals surface area contributed by atoms with Crippen molar-refractivity contribution in [2.24, 2.45) is 0 Å². The van der Waals surface area contributed by atoms with Gasteiger partial charge in [0.15, 0.2) is 0 Å². The topological polar surface area (TPSA) is 0 Å². The van der Waals surface area contributed by atoms with E-state index < -0.39 is 0 Å². The normalized spacial score (nSPS) is 23.1. The zero-order valence-electron chi connectivity index (χ0n) is 9.42. The Morgan fingerprint density at radius 3 is 2.93 bits per heavy atom. The van der Waals surface area contributed by atoms with Gasteiger partial charge in [0.05, 0.1) is 0 Å². The Balaban J connectivity index is 2.09. The molecule has 0 nitrogen and oxygen atoms in total. The molecule has 1 aromatic rings. The van der Waals surface area contributed by atoms with Crippen LogP contribution in [0.4, 0.5) is 0 Å². The molecule has 0 aliphatic heterocycles. The molecule has 1 aromatic carbocycles. The van der Waals surface area contributed by atoms with E-state index >= 15 is 0 Å². The fourth-order valence-electron chi connectivity index (χ4n) is 3.34. The quantitative estimate of drug-likeness (QED) is 0.655. The Bertz CT molecular complexity index is 412. The largest absolute Gasteiger partial charge is 0.0653 e. The lowest BCUT2D eigenvalue weighted by Gasteiger charge is -2.14. The first-order valence-corrected chi connectivity index (χ1v) is 6.23. The van der Waals surface area contributed by atoms with E-state index in [9.17, 15) is 0 Å². The van der Waals surface area contributed by atoms with Gasteiger partial charge in [-0.15, -0.1) is 0 Å². The van der Waals surface area contributed by atoms with Gasteiger partial charge in [0.2, 0.25) is 0 Å². The van der Waals surface area contributed by atoms with Gasteiger partial charge in [0.25, 0.3) is 0 Å². The second kappa shape index (κ2) is 3.52. The summed E-state index contributed by atoms with van der Waals surface area (Å²) >= 11 is 0. The minimum Gasteiger partial charge on any atom is -0.0653 e. The number of fused-ring (bicyclic) bond motifs is 2. The average Bonchev–Trinajstić information content (AvgIpc) is 2.82. The second-order valence-electron chi connectivity index (χ2n) is 4.79. The van der Waals surface area contributed by atoms with Crippen LogP contribution in [-0.2, 0) is 0 Å². The van der Waals surface area contributed by atoms with Crippen LogP contribution in [0.5, 0.6) is 0 Å². The van der Waals surface area contributed by atoms with Crippen molar-refractivity contribution in [3.8, 4) is 0 Å². The number of hydrogen-bond donors (Lipinski definition) is 0. The highest BCUT2D eigenvalue weighted by molar-refractivity contribution is 5.79. The van der Waals surface area contributed by atoms with Crippen LogP contribution in [0.1, 0.15) is 56.1 Å². The Hall–Kier alpha value is -1.04. The predicted molar refractivity (Wildman–Crippen MR) is 64.9 cm³/mol. The molecular weight excluding hydrogens is 180 g/mol. The number of rotatable bonds is 2. The third-order valence-corrected chi connectivity index (χ3v) is 3.92. The molecule has 0 bridgehead atoms. The molecule has 15 heavy (non-hydrogen) atoms. The molecule has 0 aromatic heterocycles. The van der Waals surface area contributed by atoms with Gasteiger partial charge in [0.1, 0.15) is 0 Å². The lowest BCUT2D eigenvalue weighted by molar-refractivity contribution is 0.672. The highest BCUT2D eigenvalue weighted by atomic mass is 14.4. The summed E-state index contributed by atoms with van der Waals surface area (Å²) in [6, 6.07) is 9.05. The molecule has 0 radical (unpaired) electrons. The Labute approximate surface area is 92.0 Å². The number of allylic oxidation sites excluding steroid dienone is 2. The SMILES string of the molecule is CCCC1C2=C(CCC2)c2ccccc21. The van der Waals surface area contributed by atoms with E-state index in [-0.39, 0.29) is 0 Å². The van der Waals surface area contributed by atoms with Gasteiger partial charge < -0.3 is 0 Å². The Morgan fingerprint density at radius 1 is 1.20 bits per heavy atom. The molecule has 0 fully saturated rings. The van der Waals surface area contributed by atoms with Gasteiger partial charge in [-0.2, -0.15) is 0 Å². The van der Waals surface area contributed by atoms with Crippen LogP contribution in [0.25, 0.3) is 5.57 Å². The molecular formula is C15H18. The summed E-state index contributed by atoms with van der Waals surface area (Å²) in [5.41, 5.74) is 6.66. The zero-order valence-corrected chi connectivity index (χ0v) is 9.42. The molecule has 78 valence electrons. The molecule has 3 rings (SSSR count). The lowest BCUT2D eigenvalue weighted by atomic mass is 9.90. The summed E-state index contributed by atoms with van der Waals surface area (Å²) in [6.07, 6.45) is 6.71. The highest BCUT2D eigenvalue weighted by Gasteiger charge is 2.32. The van der Waals surface area contributed by atoms with Crippen LogP contribution in [0.15, 0.2) is 29.8 Å². The van der Waals surface area contributed by atoms with Crippen molar-refractivity contribution in [2.75, 3.05) is 0 Å². The summed E-state index contributed by atoms with van der Waals surface area (Å²) in [7, 11) is 0. The second-order valence-corrected chi connectivity index (χ2v) is 4.79. The molecule has 0 spiro atoms. The summed E-state index contributed by atoms with van der Waals surface area (Å²) < 4.78 is 0. The van der Waals surface area contributed by atoms with Gasteiger partial charge in [-0.05, 0) is 42.4 Å². The third kappa shape index (κ3) is 1.27. The molecule has 2 aliphatic carbocycles. The van der Waals surface area contributed by atoms with Crippen LogP contribution >= 0.6 is 0 Å². The molecule has 2 aliphatic rings. The first kappa shape index (κ1) is 9.21. The van der Waals surface area contributed by atoms with Crippen LogP contribution < -0.4 is 0 Å². The van der Waals surface area contributed by atoms with E-state index in [0.717, 1.165) is 5.92 Å². The van der Waals surface area contributed by atoms with Crippen LogP contribution in [0, 0.1) is 0 Å². The first-order chi connectivity index (χ1) is 7.42. The van der Waals surface area contributed by atoms with Crippen molar-refractivity contribution in [2.45, 2.75) is 44.9 Å².